The number of anilines is 1. The lowest BCUT2D eigenvalue weighted by molar-refractivity contribution is 0.0596. The number of para-hydroxylation sites is 1. The van der Waals surface area contributed by atoms with E-state index in [4.69, 9.17) is 9.47 Å². The topological polar surface area (TPSA) is 72.9 Å². The van der Waals surface area contributed by atoms with Crippen molar-refractivity contribution in [3.63, 3.8) is 0 Å². The molecule has 0 aromatic heterocycles. The number of Topliss-reactive ketones (excluding diaryl/α,β-unsaturated/α-hetero) is 1. The molecule has 0 aliphatic carbocycles. The number of amides is 1. The van der Waals surface area contributed by atoms with E-state index >= 15 is 0 Å². The zero-order chi connectivity index (χ0) is 19.6. The number of alkyl halides is 1. The number of hydrogen-bond acceptors (Lipinski definition) is 5. The summed E-state index contributed by atoms with van der Waals surface area (Å²) >= 11 is 3.40. The maximum absolute atomic E-state index is 13.2. The van der Waals surface area contributed by atoms with E-state index in [1.807, 2.05) is 0 Å². The third-order valence-electron chi connectivity index (χ3n) is 4.45. The molecule has 1 atom stereocenters. The number of halogens is 1. The maximum Gasteiger partial charge on any atom is 0.341 e. The van der Waals surface area contributed by atoms with Crippen LogP contribution in [0.5, 0.6) is 5.75 Å². The summed E-state index contributed by atoms with van der Waals surface area (Å²) in [5, 5.41) is 0. The summed E-state index contributed by atoms with van der Waals surface area (Å²) in [4.78, 5) is 38.8. The Morgan fingerprint density at radius 3 is 2.59 bits per heavy atom. The van der Waals surface area contributed by atoms with E-state index in [1.54, 1.807) is 35.2 Å². The molecule has 2 aromatic carbocycles. The maximum atomic E-state index is 13.2. The number of ether oxygens (including phenoxy) is 2. The molecule has 1 amide bonds. The molecule has 6 nitrogen and oxygen atoms in total. The van der Waals surface area contributed by atoms with Gasteiger partial charge in [-0.05, 0) is 36.8 Å². The van der Waals surface area contributed by atoms with Gasteiger partial charge in [0.1, 0.15) is 11.3 Å². The number of carbonyl (C=O) groups is 3. The molecule has 0 N–H and O–H groups in total. The standard InChI is InChI=1S/C20H18BrNO5/c1-26-17-11-12(7-8-14(17)20(25)27-2)19(24)22-10-9-15(21)18(23)13-5-3-4-6-16(13)22/h3-8,11,15H,9-10H2,1-2H3. The molecule has 7 heteroatoms. The normalized spacial score (nSPS) is 16.3. The Kier molecular flexibility index (Phi) is 5.60. The molecule has 1 aliphatic rings. The number of fused-ring (bicyclic) bond motifs is 1. The van der Waals surface area contributed by atoms with E-state index in [0.29, 0.717) is 29.8 Å². The fourth-order valence-corrected chi connectivity index (χ4v) is 3.50. The van der Waals surface area contributed by atoms with Crippen LogP contribution in [0.2, 0.25) is 0 Å². The summed E-state index contributed by atoms with van der Waals surface area (Å²) in [5.41, 5.74) is 1.67. The highest BCUT2D eigenvalue weighted by molar-refractivity contribution is 9.10. The third kappa shape index (κ3) is 3.60. The highest BCUT2D eigenvalue weighted by atomic mass is 79.9. The van der Waals surface area contributed by atoms with Gasteiger partial charge in [0.25, 0.3) is 5.91 Å². The van der Waals surface area contributed by atoms with Gasteiger partial charge in [-0.3, -0.25) is 9.59 Å². The van der Waals surface area contributed by atoms with E-state index in [0.717, 1.165) is 0 Å². The van der Waals surface area contributed by atoms with Gasteiger partial charge in [0.05, 0.1) is 24.7 Å². The summed E-state index contributed by atoms with van der Waals surface area (Å²) in [6.45, 7) is 0.387. The fourth-order valence-electron chi connectivity index (χ4n) is 3.05. The smallest absolute Gasteiger partial charge is 0.341 e. The predicted molar refractivity (Wildman–Crippen MR) is 104 cm³/mol. The van der Waals surface area contributed by atoms with Crippen LogP contribution in [0, 0.1) is 0 Å². The summed E-state index contributed by atoms with van der Waals surface area (Å²) in [7, 11) is 2.70. The number of benzene rings is 2. The molecule has 2 aromatic rings. The Morgan fingerprint density at radius 2 is 1.89 bits per heavy atom. The molecular formula is C20H18BrNO5. The predicted octanol–water partition coefficient (Wildman–Crippen LogP) is 3.48. The second kappa shape index (κ2) is 7.92. The van der Waals surface area contributed by atoms with Crippen LogP contribution < -0.4 is 9.64 Å². The quantitative estimate of drug-likeness (QED) is 0.549. The fraction of sp³-hybridized carbons (Fsp3) is 0.250. The number of esters is 1. The second-order valence-corrected chi connectivity index (χ2v) is 7.11. The Labute approximate surface area is 165 Å². The minimum absolute atomic E-state index is 0.0421. The van der Waals surface area contributed by atoms with E-state index < -0.39 is 5.97 Å². The number of ketones is 1. The molecule has 27 heavy (non-hydrogen) atoms. The van der Waals surface area contributed by atoms with Crippen LogP contribution in [0.4, 0.5) is 5.69 Å². The van der Waals surface area contributed by atoms with Crippen molar-refractivity contribution in [3.05, 3.63) is 59.2 Å². The van der Waals surface area contributed by atoms with E-state index in [9.17, 15) is 14.4 Å². The third-order valence-corrected chi connectivity index (χ3v) is 5.32. The SMILES string of the molecule is COC(=O)c1ccc(C(=O)N2CCC(Br)C(=O)c3ccccc32)cc1OC. The molecule has 1 aliphatic heterocycles. The van der Waals surface area contributed by atoms with Crippen LogP contribution in [0.15, 0.2) is 42.5 Å². The van der Waals surface area contributed by atoms with Crippen molar-refractivity contribution in [1.82, 2.24) is 0 Å². The molecule has 1 unspecified atom stereocenters. The van der Waals surface area contributed by atoms with Crippen LogP contribution in [0.25, 0.3) is 0 Å². The van der Waals surface area contributed by atoms with Gasteiger partial charge < -0.3 is 14.4 Å². The van der Waals surface area contributed by atoms with E-state index in [-0.39, 0.29) is 27.8 Å². The number of methoxy groups -OCH3 is 2. The Balaban J connectivity index is 2.02. The highest BCUT2D eigenvalue weighted by Gasteiger charge is 2.30. The van der Waals surface area contributed by atoms with Gasteiger partial charge in [-0.1, -0.05) is 28.1 Å². The van der Waals surface area contributed by atoms with Gasteiger partial charge in [-0.2, -0.15) is 0 Å². The first-order chi connectivity index (χ1) is 13.0. The van der Waals surface area contributed by atoms with Crippen molar-refractivity contribution in [1.29, 1.82) is 0 Å². The monoisotopic (exact) mass is 431 g/mol. The zero-order valence-corrected chi connectivity index (χ0v) is 16.5. The van der Waals surface area contributed by atoms with Crippen molar-refractivity contribution in [2.24, 2.45) is 0 Å². The van der Waals surface area contributed by atoms with Gasteiger partial charge in [-0.25, -0.2) is 4.79 Å². The molecule has 3 rings (SSSR count). The van der Waals surface area contributed by atoms with Crippen LogP contribution in [-0.2, 0) is 4.74 Å². The van der Waals surface area contributed by atoms with Gasteiger partial charge in [0.15, 0.2) is 5.78 Å². The van der Waals surface area contributed by atoms with E-state index in [2.05, 4.69) is 15.9 Å². The number of rotatable bonds is 3. The second-order valence-electron chi connectivity index (χ2n) is 6.00. The van der Waals surface area contributed by atoms with Crippen LogP contribution in [-0.4, -0.2) is 43.3 Å². The van der Waals surface area contributed by atoms with Crippen molar-refractivity contribution in [2.45, 2.75) is 11.2 Å². The van der Waals surface area contributed by atoms with Crippen molar-refractivity contribution < 1.29 is 23.9 Å². The first kappa shape index (κ1) is 19.1. The van der Waals surface area contributed by atoms with Crippen molar-refractivity contribution in [2.75, 3.05) is 25.7 Å². The lowest BCUT2D eigenvalue weighted by atomic mass is 10.1. The number of nitrogens with zero attached hydrogens (tertiary/aromatic N) is 1. The van der Waals surface area contributed by atoms with Gasteiger partial charge in [-0.15, -0.1) is 0 Å². The minimum atomic E-state index is -0.543. The largest absolute Gasteiger partial charge is 0.496 e. The average Bonchev–Trinajstić information content (AvgIpc) is 2.83. The Morgan fingerprint density at radius 1 is 1.15 bits per heavy atom. The first-order valence-electron chi connectivity index (χ1n) is 8.33. The highest BCUT2D eigenvalue weighted by Crippen LogP contribution is 2.31. The van der Waals surface area contributed by atoms with Gasteiger partial charge in [0.2, 0.25) is 0 Å². The molecule has 140 valence electrons. The Bertz CT molecular complexity index is 911. The molecule has 0 bridgehead atoms. The molecule has 0 radical (unpaired) electrons. The van der Waals surface area contributed by atoms with E-state index in [1.165, 1.54) is 26.4 Å². The molecular weight excluding hydrogens is 414 g/mol. The molecule has 0 spiro atoms. The van der Waals surface area contributed by atoms with Gasteiger partial charge in [0, 0.05) is 17.7 Å². The van der Waals surface area contributed by atoms with Gasteiger partial charge >= 0.3 is 5.97 Å². The van der Waals surface area contributed by atoms with Crippen LogP contribution in [0.1, 0.15) is 37.5 Å². The first-order valence-corrected chi connectivity index (χ1v) is 9.25. The lowest BCUT2D eigenvalue weighted by Gasteiger charge is -2.23. The zero-order valence-electron chi connectivity index (χ0n) is 14.9. The number of carbonyl (C=O) groups excluding carboxylic acids is 3. The Hall–Kier alpha value is -2.67. The molecule has 1 heterocycles. The number of hydrogen-bond donors (Lipinski definition) is 0. The molecule has 0 saturated carbocycles. The van der Waals surface area contributed by atoms with Crippen molar-refractivity contribution >= 4 is 39.3 Å². The van der Waals surface area contributed by atoms with Crippen molar-refractivity contribution in [3.8, 4) is 5.75 Å². The lowest BCUT2D eigenvalue weighted by Crippen LogP contribution is -2.32. The van der Waals surface area contributed by atoms with Crippen LogP contribution >= 0.6 is 15.9 Å². The minimum Gasteiger partial charge on any atom is -0.496 e. The average molecular weight is 432 g/mol. The van der Waals surface area contributed by atoms with Crippen LogP contribution in [0.3, 0.4) is 0 Å². The summed E-state index contributed by atoms with van der Waals surface area (Å²) in [5.74, 6) is -0.602. The summed E-state index contributed by atoms with van der Waals surface area (Å²) in [6, 6.07) is 11.6. The summed E-state index contributed by atoms with van der Waals surface area (Å²) in [6.07, 6.45) is 0.497. The molecule has 0 saturated heterocycles. The molecule has 0 fully saturated rings. The summed E-state index contributed by atoms with van der Waals surface area (Å²) < 4.78 is 9.97.